The lowest BCUT2D eigenvalue weighted by molar-refractivity contribution is 0.590. The van der Waals surface area contributed by atoms with Gasteiger partial charge in [-0.1, -0.05) is 308 Å². The van der Waals surface area contributed by atoms with Gasteiger partial charge in [0.05, 0.1) is 5.41 Å². The van der Waals surface area contributed by atoms with Crippen LogP contribution >= 0.6 is 0 Å². The van der Waals surface area contributed by atoms with Gasteiger partial charge in [-0.2, -0.15) is 0 Å². The van der Waals surface area contributed by atoms with E-state index in [2.05, 4.69) is 362 Å². The maximum absolute atomic E-state index is 2.52. The molecule has 0 bridgehead atoms. The molecule has 0 nitrogen and oxygen atoms in total. The van der Waals surface area contributed by atoms with E-state index in [9.17, 15) is 0 Å². The van der Waals surface area contributed by atoms with Crippen LogP contribution in [0.25, 0.3) is 100 Å². The summed E-state index contributed by atoms with van der Waals surface area (Å²) < 4.78 is 0. The predicted molar refractivity (Wildman–Crippen MR) is 382 cm³/mol. The summed E-state index contributed by atoms with van der Waals surface area (Å²) in [4.78, 5) is 0. The zero-order valence-electron chi connectivity index (χ0n) is 54.1. The van der Waals surface area contributed by atoms with Crippen molar-refractivity contribution in [2.45, 2.75) is 110 Å². The van der Waals surface area contributed by atoms with Gasteiger partial charge in [-0.25, -0.2) is 0 Å². The van der Waals surface area contributed by atoms with Crippen molar-refractivity contribution in [3.05, 3.63) is 324 Å². The zero-order valence-corrected chi connectivity index (χ0v) is 54.1. The standard InChI is InChI=1S/C89H82/c1-85(2,3)74-41-32-60(33-42-74)68-50-69(61-34-43-75(44-35-61)86(4,5)6)53-72(52-68)65-26-19-28-78(56-65)89(82-31-21-30-80(64-24-17-14-18-25-64)84(82)81-49-40-67(58-83(81)89)59-22-15-13-16-23-59)79-29-20-27-66(57-79)73-54-70(62-36-45-76(46-37-62)87(7,8)9)51-71(55-73)63-38-47-77(48-39-63)88(10,11)12/h13-58H,1-12H3. The van der Waals surface area contributed by atoms with Gasteiger partial charge in [0.2, 0.25) is 0 Å². The molecule has 0 spiro atoms. The summed E-state index contributed by atoms with van der Waals surface area (Å²) >= 11 is 0. The van der Waals surface area contributed by atoms with Gasteiger partial charge in [0.1, 0.15) is 0 Å². The molecular weight excluding hydrogens is 1070 g/mol. The van der Waals surface area contributed by atoms with Gasteiger partial charge in [0.25, 0.3) is 0 Å². The van der Waals surface area contributed by atoms with Crippen molar-refractivity contribution in [3.8, 4) is 100 Å². The van der Waals surface area contributed by atoms with Crippen LogP contribution in [0.1, 0.15) is 128 Å². The molecule has 0 amide bonds. The number of benzene rings is 12. The van der Waals surface area contributed by atoms with Gasteiger partial charge in [0, 0.05) is 0 Å². The first-order valence-corrected chi connectivity index (χ1v) is 31.9. The van der Waals surface area contributed by atoms with Crippen molar-refractivity contribution in [2.75, 3.05) is 0 Å². The van der Waals surface area contributed by atoms with Crippen LogP contribution in [0.15, 0.2) is 279 Å². The highest BCUT2D eigenvalue weighted by Crippen LogP contribution is 2.60. The molecule has 89 heavy (non-hydrogen) atoms. The highest BCUT2D eigenvalue weighted by molar-refractivity contribution is 5.97. The van der Waals surface area contributed by atoms with Gasteiger partial charge in [-0.05, 0) is 221 Å². The minimum absolute atomic E-state index is 0.0439. The summed E-state index contributed by atoms with van der Waals surface area (Å²) in [5.41, 5.74) is 31.3. The molecule has 1 aliphatic carbocycles. The molecule has 0 heteroatoms. The molecular formula is C89H82. The lowest BCUT2D eigenvalue weighted by atomic mass is 9.66. The van der Waals surface area contributed by atoms with E-state index < -0.39 is 5.41 Å². The van der Waals surface area contributed by atoms with Crippen molar-refractivity contribution in [1.29, 1.82) is 0 Å². The number of rotatable bonds is 10. The normalized spacial score (nSPS) is 13.0. The lowest BCUT2D eigenvalue weighted by Gasteiger charge is -2.35. The smallest absolute Gasteiger partial charge is 0.0622 e. The van der Waals surface area contributed by atoms with E-state index in [1.165, 1.54) is 145 Å². The van der Waals surface area contributed by atoms with Crippen LogP contribution < -0.4 is 0 Å². The first-order chi connectivity index (χ1) is 42.6. The molecule has 1 aliphatic rings. The summed E-state index contributed by atoms with van der Waals surface area (Å²) in [6, 6.07) is 107. The topological polar surface area (TPSA) is 0 Å². The Balaban J connectivity index is 1.07. The minimum atomic E-state index is -0.774. The van der Waals surface area contributed by atoms with Crippen LogP contribution in [0.4, 0.5) is 0 Å². The fourth-order valence-electron chi connectivity index (χ4n) is 13.6. The van der Waals surface area contributed by atoms with Crippen molar-refractivity contribution in [2.24, 2.45) is 0 Å². The number of fused-ring (bicyclic) bond motifs is 3. The first-order valence-electron chi connectivity index (χ1n) is 31.9. The molecule has 0 aromatic heterocycles. The van der Waals surface area contributed by atoms with Crippen LogP contribution in [-0.4, -0.2) is 0 Å². The van der Waals surface area contributed by atoms with Gasteiger partial charge in [-0.3, -0.25) is 0 Å². The third kappa shape index (κ3) is 11.4. The fourth-order valence-corrected chi connectivity index (χ4v) is 13.6. The van der Waals surface area contributed by atoms with Gasteiger partial charge < -0.3 is 0 Å². The number of hydrogen-bond acceptors (Lipinski definition) is 0. The van der Waals surface area contributed by atoms with E-state index in [0.29, 0.717) is 0 Å². The Morgan fingerprint density at radius 3 is 0.843 bits per heavy atom. The molecule has 12 aromatic carbocycles. The van der Waals surface area contributed by atoms with E-state index in [4.69, 9.17) is 0 Å². The quantitative estimate of drug-likeness (QED) is 0.128. The zero-order chi connectivity index (χ0) is 62.0. The predicted octanol–water partition coefficient (Wildman–Crippen LogP) is 24.6. The maximum Gasteiger partial charge on any atom is 0.0714 e. The molecule has 13 rings (SSSR count). The SMILES string of the molecule is CC(C)(C)c1ccc(-c2cc(-c3ccc(C(C)(C)C)cc3)cc(-c3cccc(C4(c5cccc(-c6cc(-c7ccc(C(C)(C)C)cc7)cc(-c7ccc(C(C)(C)C)cc7)c6)c5)c5cc(-c6ccccc6)ccc5-c5c(-c6ccccc6)cccc54)c3)c2)cc1. The Kier molecular flexibility index (Phi) is 14.9. The second-order valence-electron chi connectivity index (χ2n) is 29.0. The van der Waals surface area contributed by atoms with Crippen molar-refractivity contribution < 1.29 is 0 Å². The maximum atomic E-state index is 2.52. The Bertz CT molecular complexity index is 4190. The second kappa shape index (κ2) is 22.7. The van der Waals surface area contributed by atoms with Gasteiger partial charge in [0.15, 0.2) is 0 Å². The minimum Gasteiger partial charge on any atom is -0.0622 e. The van der Waals surface area contributed by atoms with Crippen LogP contribution in [0, 0.1) is 0 Å². The molecule has 0 unspecified atom stereocenters. The van der Waals surface area contributed by atoms with Crippen molar-refractivity contribution >= 4 is 0 Å². The molecule has 12 aromatic rings. The third-order valence-corrected chi connectivity index (χ3v) is 18.8. The monoisotopic (exact) mass is 1150 g/mol. The molecule has 0 N–H and O–H groups in total. The van der Waals surface area contributed by atoms with Crippen LogP contribution in [0.3, 0.4) is 0 Å². The van der Waals surface area contributed by atoms with Crippen LogP contribution in [0.5, 0.6) is 0 Å². The molecule has 0 heterocycles. The summed E-state index contributed by atoms with van der Waals surface area (Å²) in [5.74, 6) is 0. The Hall–Kier alpha value is -9.36. The second-order valence-corrected chi connectivity index (χ2v) is 29.0. The highest BCUT2D eigenvalue weighted by Gasteiger charge is 2.47. The summed E-state index contributed by atoms with van der Waals surface area (Å²) in [6.07, 6.45) is 0. The molecule has 0 fully saturated rings. The Morgan fingerprint density at radius 1 is 0.191 bits per heavy atom. The first kappa shape index (κ1) is 58.6. The summed E-state index contributed by atoms with van der Waals surface area (Å²) in [5, 5.41) is 0. The molecule has 438 valence electrons. The van der Waals surface area contributed by atoms with E-state index >= 15 is 0 Å². The average molecular weight is 1150 g/mol. The van der Waals surface area contributed by atoms with Crippen molar-refractivity contribution in [1.82, 2.24) is 0 Å². The molecule has 0 atom stereocenters. The highest BCUT2D eigenvalue weighted by atomic mass is 14.5. The van der Waals surface area contributed by atoms with Crippen molar-refractivity contribution in [3.63, 3.8) is 0 Å². The molecule has 0 radical (unpaired) electrons. The average Bonchev–Trinajstić information content (AvgIpc) is 1.55. The summed E-state index contributed by atoms with van der Waals surface area (Å²) in [6.45, 7) is 27.5. The molecule has 0 saturated heterocycles. The third-order valence-electron chi connectivity index (χ3n) is 18.8. The van der Waals surface area contributed by atoms with E-state index in [-0.39, 0.29) is 21.7 Å². The van der Waals surface area contributed by atoms with E-state index in [0.717, 1.165) is 0 Å². The number of hydrogen-bond donors (Lipinski definition) is 0. The molecule has 0 saturated carbocycles. The van der Waals surface area contributed by atoms with Crippen LogP contribution in [-0.2, 0) is 27.1 Å². The van der Waals surface area contributed by atoms with Crippen LogP contribution in [0.2, 0.25) is 0 Å². The van der Waals surface area contributed by atoms with Gasteiger partial charge >= 0.3 is 0 Å². The Morgan fingerprint density at radius 2 is 0.483 bits per heavy atom. The lowest BCUT2D eigenvalue weighted by Crippen LogP contribution is -2.28. The largest absolute Gasteiger partial charge is 0.0714 e. The Labute approximate surface area is 530 Å². The van der Waals surface area contributed by atoms with Gasteiger partial charge in [-0.15, -0.1) is 0 Å². The molecule has 0 aliphatic heterocycles. The fraction of sp³-hybridized carbons (Fsp3) is 0.191. The summed E-state index contributed by atoms with van der Waals surface area (Å²) in [7, 11) is 0. The van der Waals surface area contributed by atoms with E-state index in [1.807, 2.05) is 0 Å². The van der Waals surface area contributed by atoms with E-state index in [1.54, 1.807) is 0 Å².